The number of hydrogen-bond acceptors (Lipinski definition) is 7. The van der Waals surface area contributed by atoms with Crippen LogP contribution in [0.2, 0.25) is 0 Å². The highest BCUT2D eigenvalue weighted by atomic mass is 32.2. The summed E-state index contributed by atoms with van der Waals surface area (Å²) in [5.41, 5.74) is -2.77. The van der Waals surface area contributed by atoms with Gasteiger partial charge in [-0.3, -0.25) is 14.9 Å². The molecule has 0 amide bonds. The van der Waals surface area contributed by atoms with Gasteiger partial charge < -0.3 is 9.84 Å². The summed E-state index contributed by atoms with van der Waals surface area (Å²) in [6.45, 7) is 4.61. The van der Waals surface area contributed by atoms with E-state index in [4.69, 9.17) is 4.74 Å². The number of nitro groups is 1. The van der Waals surface area contributed by atoms with E-state index in [0.717, 1.165) is 31.3 Å². The number of phenols is 1. The third-order valence-electron chi connectivity index (χ3n) is 4.62. The summed E-state index contributed by atoms with van der Waals surface area (Å²) in [6.07, 6.45) is -5.20. The van der Waals surface area contributed by atoms with E-state index in [1.807, 2.05) is 0 Å². The molecule has 2 aromatic rings. The fraction of sp³-hybridized carbons (Fsp3) is 0.381. The standard InChI is InChI=1S/C21H23F3N2O7S/c1-20(2,3)33-19(28)17(11-13-8-9-18(27)16(10-13)26(29)30)25(4)34(31,32)15-7-5-6-14(12-15)21(22,23)24/h5-10,12,17,27H,11H2,1-4H3/t17-/m0/s1. The highest BCUT2D eigenvalue weighted by Gasteiger charge is 2.38. The number of carbonyl (C=O) groups is 1. The zero-order valence-corrected chi connectivity index (χ0v) is 19.5. The molecule has 0 saturated heterocycles. The van der Waals surface area contributed by atoms with Crippen LogP contribution in [0.25, 0.3) is 0 Å². The fourth-order valence-electron chi connectivity index (χ4n) is 2.96. The second-order valence-electron chi connectivity index (χ2n) is 8.38. The lowest BCUT2D eigenvalue weighted by atomic mass is 10.0. The van der Waals surface area contributed by atoms with Crippen molar-refractivity contribution in [3.05, 3.63) is 63.7 Å². The van der Waals surface area contributed by atoms with Gasteiger partial charge >= 0.3 is 17.8 Å². The van der Waals surface area contributed by atoms with Gasteiger partial charge in [-0.1, -0.05) is 12.1 Å². The van der Waals surface area contributed by atoms with E-state index in [2.05, 4.69) is 0 Å². The molecule has 2 aromatic carbocycles. The van der Waals surface area contributed by atoms with Gasteiger partial charge in [0.2, 0.25) is 10.0 Å². The van der Waals surface area contributed by atoms with Crippen LogP contribution >= 0.6 is 0 Å². The third-order valence-corrected chi connectivity index (χ3v) is 6.48. The lowest BCUT2D eigenvalue weighted by Gasteiger charge is -2.29. The van der Waals surface area contributed by atoms with Gasteiger partial charge in [-0.05, 0) is 57.0 Å². The van der Waals surface area contributed by atoms with Crippen LogP contribution in [0.5, 0.6) is 5.75 Å². The molecule has 0 spiro atoms. The van der Waals surface area contributed by atoms with Gasteiger partial charge in [0.05, 0.1) is 15.4 Å². The molecular formula is C21H23F3N2O7S. The molecule has 0 bridgehead atoms. The summed E-state index contributed by atoms with van der Waals surface area (Å²) >= 11 is 0. The lowest BCUT2D eigenvalue weighted by molar-refractivity contribution is -0.385. The molecule has 0 heterocycles. The number of aromatic hydroxyl groups is 1. The molecule has 2 rings (SSSR count). The minimum absolute atomic E-state index is 0.117. The molecule has 0 unspecified atom stereocenters. The summed E-state index contributed by atoms with van der Waals surface area (Å²) < 4.78 is 71.4. The molecule has 0 saturated carbocycles. The van der Waals surface area contributed by atoms with Crippen molar-refractivity contribution in [1.29, 1.82) is 0 Å². The van der Waals surface area contributed by atoms with Crippen molar-refractivity contribution in [3.63, 3.8) is 0 Å². The van der Waals surface area contributed by atoms with Gasteiger partial charge in [0.15, 0.2) is 5.75 Å². The van der Waals surface area contributed by atoms with Crippen LogP contribution in [0.4, 0.5) is 18.9 Å². The summed E-state index contributed by atoms with van der Waals surface area (Å²) in [7, 11) is -3.63. The van der Waals surface area contributed by atoms with Crippen LogP contribution in [0.15, 0.2) is 47.4 Å². The van der Waals surface area contributed by atoms with Gasteiger partial charge in [-0.25, -0.2) is 8.42 Å². The first-order chi connectivity index (χ1) is 15.4. The predicted molar refractivity (Wildman–Crippen MR) is 114 cm³/mol. The zero-order valence-electron chi connectivity index (χ0n) is 18.7. The average Bonchev–Trinajstić information content (AvgIpc) is 2.70. The van der Waals surface area contributed by atoms with Crippen molar-refractivity contribution in [1.82, 2.24) is 4.31 Å². The first kappa shape index (κ1) is 27.1. The number of esters is 1. The quantitative estimate of drug-likeness (QED) is 0.344. The Hall–Kier alpha value is -3.19. The van der Waals surface area contributed by atoms with Crippen LogP contribution in [0.1, 0.15) is 31.9 Å². The highest BCUT2D eigenvalue weighted by molar-refractivity contribution is 7.89. The van der Waals surface area contributed by atoms with E-state index in [1.165, 1.54) is 26.8 Å². The average molecular weight is 504 g/mol. The number of carbonyl (C=O) groups excluding carboxylic acids is 1. The Morgan fingerprint density at radius 2 is 1.79 bits per heavy atom. The Bertz CT molecular complexity index is 1190. The van der Waals surface area contributed by atoms with Crippen LogP contribution in [-0.2, 0) is 32.2 Å². The van der Waals surface area contributed by atoms with Gasteiger partial charge in [0.25, 0.3) is 0 Å². The topological polar surface area (TPSA) is 127 Å². The van der Waals surface area contributed by atoms with Gasteiger partial charge in [-0.2, -0.15) is 17.5 Å². The largest absolute Gasteiger partial charge is 0.502 e. The number of nitro benzene ring substituents is 1. The Labute approximate surface area is 194 Å². The molecule has 0 radical (unpaired) electrons. The second kappa shape index (κ2) is 9.58. The molecule has 34 heavy (non-hydrogen) atoms. The summed E-state index contributed by atoms with van der Waals surface area (Å²) in [4.78, 5) is 22.5. The molecule has 0 aromatic heterocycles. The minimum Gasteiger partial charge on any atom is -0.502 e. The highest BCUT2D eigenvalue weighted by Crippen LogP contribution is 2.32. The maximum absolute atomic E-state index is 13.1. The Morgan fingerprint density at radius 1 is 1.18 bits per heavy atom. The number of benzene rings is 2. The van der Waals surface area contributed by atoms with Crippen molar-refractivity contribution in [2.24, 2.45) is 0 Å². The van der Waals surface area contributed by atoms with Crippen LogP contribution < -0.4 is 0 Å². The number of ether oxygens (including phenoxy) is 1. The number of sulfonamides is 1. The number of halogens is 3. The van der Waals surface area contributed by atoms with Gasteiger partial charge in [0.1, 0.15) is 11.6 Å². The van der Waals surface area contributed by atoms with Crippen LogP contribution in [-0.4, -0.2) is 47.4 Å². The molecule has 0 aliphatic rings. The van der Waals surface area contributed by atoms with Crippen molar-refractivity contribution in [2.75, 3.05) is 7.05 Å². The Kier molecular flexibility index (Phi) is 7.63. The van der Waals surface area contributed by atoms with E-state index in [-0.39, 0.29) is 5.56 Å². The smallest absolute Gasteiger partial charge is 0.416 e. The van der Waals surface area contributed by atoms with Crippen LogP contribution in [0.3, 0.4) is 0 Å². The molecule has 0 fully saturated rings. The minimum atomic E-state index is -4.79. The number of phenolic OH excluding ortho intramolecular Hbond substituents is 1. The first-order valence-corrected chi connectivity index (χ1v) is 11.2. The summed E-state index contributed by atoms with van der Waals surface area (Å²) in [6, 6.07) is 4.70. The van der Waals surface area contributed by atoms with E-state index < -0.39 is 67.1 Å². The van der Waals surface area contributed by atoms with E-state index in [9.17, 15) is 41.6 Å². The number of alkyl halides is 3. The monoisotopic (exact) mass is 504 g/mol. The molecule has 13 heteroatoms. The van der Waals surface area contributed by atoms with Crippen LogP contribution in [0, 0.1) is 10.1 Å². The normalized spacial score (nSPS) is 13.5. The lowest BCUT2D eigenvalue weighted by Crippen LogP contribution is -2.46. The van der Waals surface area contributed by atoms with Crippen molar-refractivity contribution in [2.45, 2.75) is 49.9 Å². The van der Waals surface area contributed by atoms with E-state index in [1.54, 1.807) is 0 Å². The molecule has 186 valence electrons. The molecule has 0 aliphatic carbocycles. The second-order valence-corrected chi connectivity index (χ2v) is 10.4. The molecular weight excluding hydrogens is 481 g/mol. The predicted octanol–water partition coefficient (Wildman–Crippen LogP) is 3.89. The number of hydrogen-bond donors (Lipinski definition) is 1. The maximum Gasteiger partial charge on any atom is 0.416 e. The van der Waals surface area contributed by atoms with Gasteiger partial charge in [-0.15, -0.1) is 0 Å². The SMILES string of the molecule is CN([C@@H](Cc1ccc(O)c([N+](=O)[O-])c1)C(=O)OC(C)(C)C)S(=O)(=O)c1cccc(C(F)(F)F)c1. The van der Waals surface area contributed by atoms with E-state index >= 15 is 0 Å². The molecule has 1 atom stereocenters. The third kappa shape index (κ3) is 6.44. The molecule has 1 N–H and O–H groups in total. The number of likely N-dealkylation sites (N-methyl/N-ethyl adjacent to an activating group) is 1. The summed E-state index contributed by atoms with van der Waals surface area (Å²) in [5, 5.41) is 20.8. The number of nitrogens with zero attached hydrogens (tertiary/aromatic N) is 2. The zero-order chi connectivity index (χ0) is 26.1. The molecule has 9 nitrogen and oxygen atoms in total. The Balaban J connectivity index is 2.53. The van der Waals surface area contributed by atoms with Crippen molar-refractivity contribution < 1.29 is 41.2 Å². The first-order valence-electron chi connectivity index (χ1n) is 9.78. The molecule has 0 aliphatic heterocycles. The van der Waals surface area contributed by atoms with Gasteiger partial charge in [0, 0.05) is 13.1 Å². The maximum atomic E-state index is 13.1. The van der Waals surface area contributed by atoms with E-state index in [0.29, 0.717) is 16.4 Å². The Morgan fingerprint density at radius 3 is 2.32 bits per heavy atom. The summed E-state index contributed by atoms with van der Waals surface area (Å²) in [5.74, 6) is -1.64. The van der Waals surface area contributed by atoms with Crippen molar-refractivity contribution >= 4 is 21.7 Å². The fourth-order valence-corrected chi connectivity index (χ4v) is 4.32. The number of rotatable bonds is 7. The van der Waals surface area contributed by atoms with Crippen molar-refractivity contribution in [3.8, 4) is 5.75 Å².